The molecule has 0 bridgehead atoms. The van der Waals surface area contributed by atoms with Crippen molar-refractivity contribution in [1.82, 2.24) is 5.32 Å². The molecular weight excluding hydrogens is 527 g/mol. The Kier molecular flexibility index (Phi) is 8.38. The lowest BCUT2D eigenvalue weighted by Crippen LogP contribution is -2.52. The van der Waals surface area contributed by atoms with E-state index < -0.39 is 11.6 Å². The van der Waals surface area contributed by atoms with Crippen LogP contribution in [0.5, 0.6) is 5.75 Å². The van der Waals surface area contributed by atoms with Crippen molar-refractivity contribution < 1.29 is 23.8 Å². The van der Waals surface area contributed by atoms with Gasteiger partial charge < -0.3 is 19.9 Å². The van der Waals surface area contributed by atoms with Crippen molar-refractivity contribution in [1.29, 1.82) is 0 Å². The first-order valence-corrected chi connectivity index (χ1v) is 12.6. The molecule has 3 aromatic carbocycles. The number of ether oxygens (including phenoxy) is 2. The number of rotatable bonds is 10. The van der Waals surface area contributed by atoms with Crippen molar-refractivity contribution in [3.8, 4) is 5.75 Å². The van der Waals surface area contributed by atoms with Gasteiger partial charge in [-0.3, -0.25) is 4.79 Å². The number of amides is 1. The zero-order chi connectivity index (χ0) is 25.5. The molecule has 0 aromatic heterocycles. The van der Waals surface area contributed by atoms with Crippen LogP contribution >= 0.6 is 15.9 Å². The fourth-order valence-corrected chi connectivity index (χ4v) is 4.47. The highest BCUT2D eigenvalue weighted by Gasteiger charge is 2.50. The number of hydrogen-bond donors (Lipinski definition) is 2. The van der Waals surface area contributed by atoms with Crippen LogP contribution in [0, 0.1) is 5.82 Å². The lowest BCUT2D eigenvalue weighted by molar-refractivity contribution is -0.128. The first kappa shape index (κ1) is 25.9. The van der Waals surface area contributed by atoms with Gasteiger partial charge in [0, 0.05) is 41.6 Å². The van der Waals surface area contributed by atoms with Crippen LogP contribution in [0.4, 0.5) is 4.39 Å². The van der Waals surface area contributed by atoms with Crippen LogP contribution in [0.25, 0.3) is 0 Å². The number of benzene rings is 3. The van der Waals surface area contributed by atoms with Gasteiger partial charge in [-0.25, -0.2) is 9.38 Å². The zero-order valence-electron chi connectivity index (χ0n) is 19.9. The van der Waals surface area contributed by atoms with E-state index in [2.05, 4.69) is 21.2 Å². The standard InChI is InChI=1S/C28H28BrFN2O4/c1-19-28(17-21-7-2-4-9-24(21)29,27(34)31-18-22-8-3-5-10-25(22)30)32-26(36-19)20-11-13-23(14-12-20)35-16-6-15-33/h2-5,7-14,19,33H,6,15-18H2,1H3,(H,31,34)/t19-,28-/m1/s1. The van der Waals surface area contributed by atoms with Gasteiger partial charge in [0.2, 0.25) is 5.90 Å². The molecule has 0 saturated heterocycles. The summed E-state index contributed by atoms with van der Waals surface area (Å²) in [5.41, 5.74) is 0.772. The summed E-state index contributed by atoms with van der Waals surface area (Å²) in [6.45, 7) is 2.35. The van der Waals surface area contributed by atoms with E-state index in [-0.39, 0.29) is 24.9 Å². The molecule has 1 aliphatic heterocycles. The minimum atomic E-state index is -1.25. The molecule has 2 atom stereocenters. The van der Waals surface area contributed by atoms with Gasteiger partial charge in [0.05, 0.1) is 6.61 Å². The molecule has 2 N–H and O–H groups in total. The van der Waals surface area contributed by atoms with Crippen molar-refractivity contribution >= 4 is 27.7 Å². The summed E-state index contributed by atoms with van der Waals surface area (Å²) in [5.74, 6) is 0.310. The summed E-state index contributed by atoms with van der Waals surface area (Å²) < 4.78 is 26.8. The maximum atomic E-state index is 14.2. The van der Waals surface area contributed by atoms with E-state index in [0.29, 0.717) is 42.2 Å². The van der Waals surface area contributed by atoms with Crippen LogP contribution in [-0.4, -0.2) is 41.8 Å². The fraction of sp³-hybridized carbons (Fsp3) is 0.286. The molecule has 1 amide bonds. The highest BCUT2D eigenvalue weighted by molar-refractivity contribution is 9.10. The van der Waals surface area contributed by atoms with Crippen LogP contribution < -0.4 is 10.1 Å². The van der Waals surface area contributed by atoms with Crippen molar-refractivity contribution in [2.24, 2.45) is 4.99 Å². The summed E-state index contributed by atoms with van der Waals surface area (Å²) in [7, 11) is 0. The van der Waals surface area contributed by atoms with E-state index in [1.54, 1.807) is 30.3 Å². The Balaban J connectivity index is 1.62. The van der Waals surface area contributed by atoms with Crippen LogP contribution in [0.3, 0.4) is 0 Å². The largest absolute Gasteiger partial charge is 0.494 e. The Bertz CT molecular complexity index is 1230. The van der Waals surface area contributed by atoms with Gasteiger partial charge in [-0.15, -0.1) is 0 Å². The Morgan fingerprint density at radius 2 is 1.81 bits per heavy atom. The number of nitrogens with zero attached hydrogens (tertiary/aromatic N) is 1. The van der Waals surface area contributed by atoms with Gasteiger partial charge in [0.1, 0.15) is 17.7 Å². The van der Waals surface area contributed by atoms with E-state index in [9.17, 15) is 9.18 Å². The summed E-state index contributed by atoms with van der Waals surface area (Å²) >= 11 is 3.58. The first-order valence-electron chi connectivity index (χ1n) is 11.8. The highest BCUT2D eigenvalue weighted by atomic mass is 79.9. The molecule has 1 aliphatic rings. The minimum absolute atomic E-state index is 0.0423. The summed E-state index contributed by atoms with van der Waals surface area (Å²) in [5, 5.41) is 11.8. The number of halogens is 2. The predicted molar refractivity (Wildman–Crippen MR) is 140 cm³/mol. The normalized spacial score (nSPS) is 18.9. The zero-order valence-corrected chi connectivity index (χ0v) is 21.5. The monoisotopic (exact) mass is 554 g/mol. The Hall–Kier alpha value is -3.23. The maximum absolute atomic E-state index is 14.2. The van der Waals surface area contributed by atoms with Crippen molar-refractivity contribution in [3.63, 3.8) is 0 Å². The van der Waals surface area contributed by atoms with Gasteiger partial charge >= 0.3 is 0 Å². The molecule has 6 nitrogen and oxygen atoms in total. The second-order valence-electron chi connectivity index (χ2n) is 8.59. The number of aliphatic hydroxyl groups is 1. The summed E-state index contributed by atoms with van der Waals surface area (Å²) in [6.07, 6.45) is 0.278. The van der Waals surface area contributed by atoms with Crippen molar-refractivity contribution in [3.05, 3.63) is 99.8 Å². The second-order valence-corrected chi connectivity index (χ2v) is 9.45. The topological polar surface area (TPSA) is 80.2 Å². The fourth-order valence-electron chi connectivity index (χ4n) is 4.05. The highest BCUT2D eigenvalue weighted by Crippen LogP contribution is 2.34. The van der Waals surface area contributed by atoms with Gasteiger partial charge in [-0.2, -0.15) is 0 Å². The van der Waals surface area contributed by atoms with Gasteiger partial charge in [0.25, 0.3) is 5.91 Å². The average molecular weight is 555 g/mol. The van der Waals surface area contributed by atoms with Crippen LogP contribution in [0.2, 0.25) is 0 Å². The van der Waals surface area contributed by atoms with E-state index in [0.717, 1.165) is 10.0 Å². The maximum Gasteiger partial charge on any atom is 0.252 e. The number of aliphatic hydroxyl groups excluding tert-OH is 1. The van der Waals surface area contributed by atoms with Gasteiger partial charge in [-0.05, 0) is 48.9 Å². The Labute approximate surface area is 218 Å². The molecule has 3 aromatic rings. The minimum Gasteiger partial charge on any atom is -0.494 e. The van der Waals surface area contributed by atoms with E-state index in [1.807, 2.05) is 43.3 Å². The molecule has 0 radical (unpaired) electrons. The Morgan fingerprint density at radius 1 is 1.11 bits per heavy atom. The quantitative estimate of drug-likeness (QED) is 0.352. The first-order chi connectivity index (χ1) is 17.4. The molecule has 188 valence electrons. The van der Waals surface area contributed by atoms with Crippen LogP contribution in [0.1, 0.15) is 30.0 Å². The van der Waals surface area contributed by atoms with Crippen molar-refractivity contribution in [2.75, 3.05) is 13.2 Å². The third kappa shape index (κ3) is 5.77. The van der Waals surface area contributed by atoms with Crippen LogP contribution in [-0.2, 0) is 22.5 Å². The van der Waals surface area contributed by atoms with E-state index in [1.165, 1.54) is 6.07 Å². The smallest absolute Gasteiger partial charge is 0.252 e. The van der Waals surface area contributed by atoms with Gasteiger partial charge in [0.15, 0.2) is 5.54 Å². The van der Waals surface area contributed by atoms with Crippen LogP contribution in [0.15, 0.2) is 82.3 Å². The Morgan fingerprint density at radius 3 is 2.50 bits per heavy atom. The molecule has 1 heterocycles. The molecule has 0 saturated carbocycles. The number of hydrogen-bond acceptors (Lipinski definition) is 5. The molecule has 36 heavy (non-hydrogen) atoms. The second kappa shape index (κ2) is 11.7. The van der Waals surface area contributed by atoms with E-state index in [4.69, 9.17) is 19.6 Å². The lowest BCUT2D eigenvalue weighted by Gasteiger charge is -2.28. The average Bonchev–Trinajstić information content (AvgIpc) is 3.22. The molecule has 0 spiro atoms. The molecule has 0 fully saturated rings. The third-order valence-corrected chi connectivity index (χ3v) is 6.92. The SMILES string of the molecule is C[C@H]1OC(c2ccc(OCCCO)cc2)=N[C@@]1(Cc1ccccc1Br)C(=O)NCc1ccccc1F. The number of nitrogens with one attached hydrogen (secondary N) is 1. The molecule has 8 heteroatoms. The summed E-state index contributed by atoms with van der Waals surface area (Å²) in [6, 6.07) is 21.3. The molecule has 4 rings (SSSR count). The van der Waals surface area contributed by atoms with Gasteiger partial charge in [-0.1, -0.05) is 52.3 Å². The molecule has 0 unspecified atom stereocenters. The number of carbonyl (C=O) groups is 1. The third-order valence-electron chi connectivity index (χ3n) is 6.14. The summed E-state index contributed by atoms with van der Waals surface area (Å²) in [4.78, 5) is 18.5. The lowest BCUT2D eigenvalue weighted by atomic mass is 9.86. The molecule has 0 aliphatic carbocycles. The number of carbonyl (C=O) groups excluding carboxylic acids is 1. The number of aliphatic imine (C=N–C) groups is 1. The van der Waals surface area contributed by atoms with Crippen molar-refractivity contribution in [2.45, 2.75) is 38.0 Å². The molecular formula is C28H28BrFN2O4. The van der Waals surface area contributed by atoms with E-state index >= 15 is 0 Å². The predicted octanol–water partition coefficient (Wildman–Crippen LogP) is 4.81.